The molecule has 280 valence electrons. The molecule has 0 radical (unpaired) electrons. The minimum atomic E-state index is -1.03. The van der Waals surface area contributed by atoms with Gasteiger partial charge in [0, 0.05) is 12.8 Å². The average molecular weight is 676 g/mol. The standard InChI is InChI=1S/C42H77NO5/c1-3-5-7-9-11-12-13-14-15-16-17-18-19-20-21-22-23-24-25-27-33-37-42(47)48-39(34-30-26-10-8-6-4-2)35-31-28-29-32-36-40(44)43-38-41(45)46/h8,10,30,34,39H,3-7,9,11-29,31-33,35-38H2,1-2H3,(H,43,44)(H,45,46)/b10-8-,34-30-. The summed E-state index contributed by atoms with van der Waals surface area (Å²) in [5, 5.41) is 11.0. The van der Waals surface area contributed by atoms with E-state index in [1.165, 1.54) is 122 Å². The Kier molecular flexibility index (Phi) is 36.0. The van der Waals surface area contributed by atoms with Crippen molar-refractivity contribution in [2.24, 2.45) is 0 Å². The maximum absolute atomic E-state index is 12.6. The quantitative estimate of drug-likeness (QED) is 0.0388. The third-order valence-corrected chi connectivity index (χ3v) is 9.09. The van der Waals surface area contributed by atoms with Gasteiger partial charge in [0.25, 0.3) is 0 Å². The van der Waals surface area contributed by atoms with Crippen LogP contribution in [0.5, 0.6) is 0 Å². The van der Waals surface area contributed by atoms with Gasteiger partial charge < -0.3 is 15.2 Å². The number of allylic oxidation sites excluding steroid dienone is 3. The van der Waals surface area contributed by atoms with Crippen molar-refractivity contribution in [3.63, 3.8) is 0 Å². The lowest BCUT2D eigenvalue weighted by molar-refractivity contribution is -0.147. The van der Waals surface area contributed by atoms with E-state index >= 15 is 0 Å². The Balaban J connectivity index is 3.87. The molecule has 0 aromatic rings. The number of amides is 1. The van der Waals surface area contributed by atoms with E-state index in [-0.39, 0.29) is 24.5 Å². The number of nitrogens with one attached hydrogen (secondary N) is 1. The SMILES string of the molecule is CCC/C=C\C/C=C\C(CCCCCCC(=O)NCC(=O)O)OC(=O)CCCCCCCCCCCCCCCCCCCCCCC. The van der Waals surface area contributed by atoms with Crippen molar-refractivity contribution >= 4 is 17.8 Å². The number of aliphatic carboxylic acids is 1. The first-order chi connectivity index (χ1) is 23.5. The van der Waals surface area contributed by atoms with Gasteiger partial charge in [0.1, 0.15) is 12.6 Å². The first-order valence-electron chi connectivity index (χ1n) is 20.5. The first-order valence-corrected chi connectivity index (χ1v) is 20.5. The minimum Gasteiger partial charge on any atom is -0.480 e. The van der Waals surface area contributed by atoms with E-state index < -0.39 is 5.97 Å². The number of rotatable bonds is 37. The first kappa shape index (κ1) is 45.9. The summed E-state index contributed by atoms with van der Waals surface area (Å²) in [5.41, 5.74) is 0. The molecule has 0 aromatic carbocycles. The van der Waals surface area contributed by atoms with Crippen LogP contribution in [0.15, 0.2) is 24.3 Å². The fourth-order valence-corrected chi connectivity index (χ4v) is 6.06. The summed E-state index contributed by atoms with van der Waals surface area (Å²) in [6, 6.07) is 0. The molecule has 0 aliphatic heterocycles. The number of esters is 1. The van der Waals surface area contributed by atoms with Crippen LogP contribution in [0.2, 0.25) is 0 Å². The lowest BCUT2D eigenvalue weighted by atomic mass is 10.0. The van der Waals surface area contributed by atoms with Crippen LogP contribution in [0.4, 0.5) is 0 Å². The Morgan fingerprint density at radius 1 is 0.562 bits per heavy atom. The van der Waals surface area contributed by atoms with Crippen LogP contribution in [0.1, 0.15) is 213 Å². The number of hydrogen-bond acceptors (Lipinski definition) is 4. The van der Waals surface area contributed by atoms with Gasteiger partial charge in [0.2, 0.25) is 5.91 Å². The Bertz CT molecular complexity index is 793. The van der Waals surface area contributed by atoms with Crippen LogP contribution in [0.25, 0.3) is 0 Å². The Morgan fingerprint density at radius 3 is 1.50 bits per heavy atom. The predicted molar refractivity (Wildman–Crippen MR) is 203 cm³/mol. The molecule has 0 aromatic heterocycles. The van der Waals surface area contributed by atoms with Crippen molar-refractivity contribution in [3.8, 4) is 0 Å². The van der Waals surface area contributed by atoms with E-state index in [0.717, 1.165) is 64.2 Å². The van der Waals surface area contributed by atoms with Crippen molar-refractivity contribution in [1.29, 1.82) is 0 Å². The van der Waals surface area contributed by atoms with Crippen LogP contribution in [0.3, 0.4) is 0 Å². The lowest BCUT2D eigenvalue weighted by Gasteiger charge is -2.14. The second-order valence-electron chi connectivity index (χ2n) is 13.9. The summed E-state index contributed by atoms with van der Waals surface area (Å²) in [4.78, 5) is 34.8. The molecule has 0 spiro atoms. The summed E-state index contributed by atoms with van der Waals surface area (Å²) in [7, 11) is 0. The smallest absolute Gasteiger partial charge is 0.322 e. The summed E-state index contributed by atoms with van der Waals surface area (Å²) in [6.07, 6.45) is 44.9. The molecular weight excluding hydrogens is 598 g/mol. The lowest BCUT2D eigenvalue weighted by Crippen LogP contribution is -2.28. The second kappa shape index (κ2) is 37.7. The van der Waals surface area contributed by atoms with Crippen LogP contribution in [-0.2, 0) is 19.1 Å². The zero-order valence-electron chi connectivity index (χ0n) is 31.6. The zero-order valence-corrected chi connectivity index (χ0v) is 31.6. The normalized spacial score (nSPS) is 12.2. The van der Waals surface area contributed by atoms with Gasteiger partial charge in [-0.15, -0.1) is 0 Å². The summed E-state index contributed by atoms with van der Waals surface area (Å²) in [5.74, 6) is -1.35. The number of unbranched alkanes of at least 4 members (excludes halogenated alkanes) is 24. The van der Waals surface area contributed by atoms with Crippen molar-refractivity contribution in [2.45, 2.75) is 219 Å². The highest BCUT2D eigenvalue weighted by Gasteiger charge is 2.12. The molecule has 6 heteroatoms. The molecule has 0 saturated carbocycles. The largest absolute Gasteiger partial charge is 0.480 e. The average Bonchev–Trinajstić information content (AvgIpc) is 3.07. The number of carboxylic acids is 1. The number of carboxylic acid groups (broad SMARTS) is 1. The van der Waals surface area contributed by atoms with Gasteiger partial charge in [0.15, 0.2) is 0 Å². The molecule has 48 heavy (non-hydrogen) atoms. The maximum Gasteiger partial charge on any atom is 0.322 e. The number of hydrogen-bond donors (Lipinski definition) is 2. The molecule has 1 amide bonds. The molecule has 0 aliphatic rings. The molecule has 6 nitrogen and oxygen atoms in total. The van der Waals surface area contributed by atoms with E-state index in [1.54, 1.807) is 0 Å². The van der Waals surface area contributed by atoms with Crippen LogP contribution in [-0.4, -0.2) is 35.6 Å². The van der Waals surface area contributed by atoms with Gasteiger partial charge in [-0.3, -0.25) is 14.4 Å². The molecule has 0 aliphatic carbocycles. The summed E-state index contributed by atoms with van der Waals surface area (Å²) < 4.78 is 5.85. The molecule has 0 saturated heterocycles. The number of carbonyl (C=O) groups excluding carboxylic acids is 2. The van der Waals surface area contributed by atoms with Gasteiger partial charge >= 0.3 is 11.9 Å². The molecule has 0 fully saturated rings. The highest BCUT2D eigenvalue weighted by atomic mass is 16.5. The monoisotopic (exact) mass is 676 g/mol. The van der Waals surface area contributed by atoms with Crippen LogP contribution in [0, 0.1) is 0 Å². The topological polar surface area (TPSA) is 92.7 Å². The zero-order chi connectivity index (χ0) is 35.2. The van der Waals surface area contributed by atoms with E-state index in [1.807, 2.05) is 6.08 Å². The fraction of sp³-hybridized carbons (Fsp3) is 0.833. The van der Waals surface area contributed by atoms with Crippen molar-refractivity contribution < 1.29 is 24.2 Å². The van der Waals surface area contributed by atoms with E-state index in [9.17, 15) is 14.4 Å². The highest BCUT2D eigenvalue weighted by Crippen LogP contribution is 2.16. The summed E-state index contributed by atoms with van der Waals surface area (Å²) >= 11 is 0. The van der Waals surface area contributed by atoms with Gasteiger partial charge in [-0.1, -0.05) is 180 Å². The Hall–Kier alpha value is -2.11. The molecule has 0 rings (SSSR count). The predicted octanol–water partition coefficient (Wildman–Crippen LogP) is 12.3. The van der Waals surface area contributed by atoms with E-state index in [2.05, 4.69) is 37.4 Å². The number of carbonyl (C=O) groups is 3. The highest BCUT2D eigenvalue weighted by molar-refractivity contribution is 5.80. The Morgan fingerprint density at radius 2 is 1.02 bits per heavy atom. The second-order valence-corrected chi connectivity index (χ2v) is 13.9. The molecular formula is C42H77NO5. The Labute approximate surface area is 296 Å². The summed E-state index contributed by atoms with van der Waals surface area (Å²) in [6.45, 7) is 4.13. The third-order valence-electron chi connectivity index (χ3n) is 9.09. The van der Waals surface area contributed by atoms with Crippen molar-refractivity contribution in [2.75, 3.05) is 6.54 Å². The molecule has 1 unspecified atom stereocenters. The molecule has 2 N–H and O–H groups in total. The van der Waals surface area contributed by atoms with Gasteiger partial charge in [-0.25, -0.2) is 0 Å². The van der Waals surface area contributed by atoms with Crippen LogP contribution < -0.4 is 5.32 Å². The van der Waals surface area contributed by atoms with Crippen molar-refractivity contribution in [1.82, 2.24) is 5.32 Å². The minimum absolute atomic E-state index is 0.0981. The van der Waals surface area contributed by atoms with Crippen molar-refractivity contribution in [3.05, 3.63) is 24.3 Å². The van der Waals surface area contributed by atoms with E-state index in [4.69, 9.17) is 9.84 Å². The van der Waals surface area contributed by atoms with E-state index in [0.29, 0.717) is 12.8 Å². The van der Waals surface area contributed by atoms with Gasteiger partial charge in [-0.05, 0) is 44.6 Å². The fourth-order valence-electron chi connectivity index (χ4n) is 6.06. The molecule has 0 heterocycles. The third kappa shape index (κ3) is 36.7. The number of ether oxygens (including phenoxy) is 1. The van der Waals surface area contributed by atoms with Gasteiger partial charge in [0.05, 0.1) is 0 Å². The maximum atomic E-state index is 12.6. The van der Waals surface area contributed by atoms with Crippen LogP contribution >= 0.6 is 0 Å². The molecule has 1 atom stereocenters. The molecule has 0 bridgehead atoms. The van der Waals surface area contributed by atoms with Gasteiger partial charge in [-0.2, -0.15) is 0 Å².